The first-order valence-electron chi connectivity index (χ1n) is 8.36. The summed E-state index contributed by atoms with van der Waals surface area (Å²) in [5.41, 5.74) is 3.35. The number of nitrogens with one attached hydrogen (secondary N) is 1. The number of thioether (sulfide) groups is 1. The van der Waals surface area contributed by atoms with E-state index in [9.17, 15) is 13.6 Å². The second kappa shape index (κ2) is 8.43. The predicted molar refractivity (Wildman–Crippen MR) is 106 cm³/mol. The lowest BCUT2D eigenvalue weighted by Gasteiger charge is -2.10. The number of hydrogen-bond acceptors (Lipinski definition) is 5. The summed E-state index contributed by atoms with van der Waals surface area (Å²) in [4.78, 5) is 17.2. The van der Waals surface area contributed by atoms with E-state index >= 15 is 0 Å². The average molecular weight is 404 g/mol. The van der Waals surface area contributed by atoms with Crippen molar-refractivity contribution < 1.29 is 23.0 Å². The van der Waals surface area contributed by atoms with Crippen LogP contribution >= 0.6 is 11.8 Å². The van der Waals surface area contributed by atoms with E-state index in [1.54, 1.807) is 12.1 Å². The zero-order chi connectivity index (χ0) is 20.3. The van der Waals surface area contributed by atoms with Crippen LogP contribution in [-0.4, -0.2) is 24.8 Å². The molecule has 0 unspecified atom stereocenters. The molecule has 8 heteroatoms. The summed E-state index contributed by atoms with van der Waals surface area (Å²) in [7, 11) is 1.36. The third-order valence-corrected chi connectivity index (χ3v) is 4.92. The second-order valence-corrected chi connectivity index (χ2v) is 7.04. The van der Waals surface area contributed by atoms with E-state index in [0.717, 1.165) is 16.8 Å². The second-order valence-electron chi connectivity index (χ2n) is 6.01. The number of ether oxygens (including phenoxy) is 2. The van der Waals surface area contributed by atoms with Crippen LogP contribution in [-0.2, 0) is 4.79 Å². The van der Waals surface area contributed by atoms with E-state index in [0.29, 0.717) is 15.6 Å². The van der Waals surface area contributed by atoms with Gasteiger partial charge in [-0.2, -0.15) is 8.78 Å². The molecule has 0 spiro atoms. The maximum atomic E-state index is 12.6. The van der Waals surface area contributed by atoms with Gasteiger partial charge in [-0.3, -0.25) is 4.79 Å². The Morgan fingerprint density at radius 2 is 1.86 bits per heavy atom. The molecule has 0 bridgehead atoms. The first-order valence-corrected chi connectivity index (χ1v) is 9.17. The van der Waals surface area contributed by atoms with Crippen LogP contribution < -0.4 is 14.8 Å². The number of methoxy groups -OCH3 is 1. The Morgan fingerprint density at radius 3 is 2.50 bits per heavy atom. The van der Waals surface area contributed by atoms with Crippen molar-refractivity contribution in [3.05, 3.63) is 58.0 Å². The Hall–Kier alpha value is -2.87. The molecule has 0 aromatic heterocycles. The molecule has 1 amide bonds. The quantitative estimate of drug-likeness (QED) is 0.727. The maximum Gasteiger partial charge on any atom is 0.387 e. The highest BCUT2D eigenvalue weighted by atomic mass is 32.2. The number of carbonyl (C=O) groups excluding carboxylic acids is 1. The number of benzene rings is 2. The lowest BCUT2D eigenvalue weighted by atomic mass is 10.1. The molecule has 2 aromatic carbocycles. The number of nitrogens with zero attached hydrogens (tertiary/aromatic N) is 1. The van der Waals surface area contributed by atoms with Gasteiger partial charge in [-0.1, -0.05) is 24.3 Å². The Morgan fingerprint density at radius 1 is 1.14 bits per heavy atom. The zero-order valence-corrected chi connectivity index (χ0v) is 16.3. The summed E-state index contributed by atoms with van der Waals surface area (Å²) in [5, 5.41) is 3.19. The minimum absolute atomic E-state index is 0.0975. The number of amidine groups is 1. The summed E-state index contributed by atoms with van der Waals surface area (Å²) in [6.45, 7) is 0.927. The van der Waals surface area contributed by atoms with Gasteiger partial charge in [0.1, 0.15) is 0 Å². The number of aliphatic imine (C=N–C) groups is 1. The molecule has 3 rings (SSSR count). The largest absolute Gasteiger partial charge is 0.493 e. The molecule has 28 heavy (non-hydrogen) atoms. The Balaban J connectivity index is 1.88. The van der Waals surface area contributed by atoms with Gasteiger partial charge in [0.15, 0.2) is 16.7 Å². The number of carbonyl (C=O) groups is 1. The first-order chi connectivity index (χ1) is 13.4. The smallest absolute Gasteiger partial charge is 0.387 e. The van der Waals surface area contributed by atoms with Crippen molar-refractivity contribution in [3.8, 4) is 11.5 Å². The van der Waals surface area contributed by atoms with E-state index in [-0.39, 0.29) is 17.4 Å². The van der Waals surface area contributed by atoms with E-state index in [4.69, 9.17) is 4.74 Å². The van der Waals surface area contributed by atoms with Gasteiger partial charge in [0.25, 0.3) is 5.91 Å². The lowest BCUT2D eigenvalue weighted by Crippen LogP contribution is -2.19. The van der Waals surface area contributed by atoms with Crippen molar-refractivity contribution in [1.29, 1.82) is 0 Å². The molecule has 1 saturated heterocycles. The number of rotatable bonds is 5. The van der Waals surface area contributed by atoms with Crippen molar-refractivity contribution in [2.24, 2.45) is 4.99 Å². The topological polar surface area (TPSA) is 59.9 Å². The molecular formula is C20H18F2N2O3S. The number of aryl methyl sites for hydroxylation is 2. The molecule has 1 aliphatic rings. The minimum atomic E-state index is -2.97. The predicted octanol–water partition coefficient (Wildman–Crippen LogP) is 4.81. The van der Waals surface area contributed by atoms with Crippen LogP contribution in [0.1, 0.15) is 16.7 Å². The van der Waals surface area contributed by atoms with Gasteiger partial charge in [-0.25, -0.2) is 4.99 Å². The van der Waals surface area contributed by atoms with Gasteiger partial charge < -0.3 is 14.8 Å². The van der Waals surface area contributed by atoms with Gasteiger partial charge in [0, 0.05) is 0 Å². The minimum Gasteiger partial charge on any atom is -0.493 e. The van der Waals surface area contributed by atoms with Gasteiger partial charge in [0.05, 0.1) is 17.7 Å². The van der Waals surface area contributed by atoms with E-state index in [1.165, 1.54) is 31.0 Å². The Labute approximate surface area is 165 Å². The number of halogens is 2. The van der Waals surface area contributed by atoms with Crippen LogP contribution in [0.25, 0.3) is 6.08 Å². The van der Waals surface area contributed by atoms with Gasteiger partial charge >= 0.3 is 6.61 Å². The summed E-state index contributed by atoms with van der Waals surface area (Å²) in [5.74, 6) is -0.218. The molecule has 0 atom stereocenters. The summed E-state index contributed by atoms with van der Waals surface area (Å²) in [6, 6.07) is 10.4. The molecule has 1 N–H and O–H groups in total. The van der Waals surface area contributed by atoms with Gasteiger partial charge in [0.2, 0.25) is 0 Å². The van der Waals surface area contributed by atoms with Crippen molar-refractivity contribution in [1.82, 2.24) is 5.32 Å². The highest BCUT2D eigenvalue weighted by molar-refractivity contribution is 8.18. The monoisotopic (exact) mass is 404 g/mol. The molecule has 1 heterocycles. The summed E-state index contributed by atoms with van der Waals surface area (Å²) < 4.78 is 34.7. The molecule has 146 valence electrons. The normalized spacial score (nSPS) is 16.7. The number of hydrogen-bond donors (Lipinski definition) is 1. The molecule has 1 fully saturated rings. The maximum absolute atomic E-state index is 12.6. The number of para-hydroxylation sites is 1. The standard InChI is InChI=1S/C20H18F2N2O3S/c1-11-5-4-6-12(2)17(11)23-20-24-18(25)16(28-20)10-13-7-8-14(26-3)15(9-13)27-19(21)22/h4-10,19H,1-3H3,(H,23,24,25)/b16-10-. The molecular weight excluding hydrogens is 386 g/mol. The van der Waals surface area contributed by atoms with Crippen molar-refractivity contribution in [3.63, 3.8) is 0 Å². The van der Waals surface area contributed by atoms with Crippen LogP contribution in [0.5, 0.6) is 11.5 Å². The van der Waals surface area contributed by atoms with Crippen molar-refractivity contribution in [2.75, 3.05) is 7.11 Å². The first kappa shape index (κ1) is 19.9. The fourth-order valence-corrected chi connectivity index (χ4v) is 3.51. The Bertz CT molecular complexity index is 954. The molecule has 5 nitrogen and oxygen atoms in total. The van der Waals surface area contributed by atoms with Crippen molar-refractivity contribution >= 4 is 34.6 Å². The highest BCUT2D eigenvalue weighted by Gasteiger charge is 2.24. The lowest BCUT2D eigenvalue weighted by molar-refractivity contribution is -0.115. The fraction of sp³-hybridized carbons (Fsp3) is 0.200. The van der Waals surface area contributed by atoms with Crippen molar-refractivity contribution in [2.45, 2.75) is 20.5 Å². The highest BCUT2D eigenvalue weighted by Crippen LogP contribution is 2.33. The third kappa shape index (κ3) is 4.51. The van der Waals surface area contributed by atoms with Crippen LogP contribution in [0.2, 0.25) is 0 Å². The van der Waals surface area contributed by atoms with E-state index in [1.807, 2.05) is 32.0 Å². The van der Waals surface area contributed by atoms with Crippen LogP contribution in [0.15, 0.2) is 46.3 Å². The van der Waals surface area contributed by atoms with E-state index in [2.05, 4.69) is 15.0 Å². The van der Waals surface area contributed by atoms with Crippen LogP contribution in [0.4, 0.5) is 14.5 Å². The summed E-state index contributed by atoms with van der Waals surface area (Å²) in [6.07, 6.45) is 1.59. The zero-order valence-electron chi connectivity index (χ0n) is 15.5. The fourth-order valence-electron chi connectivity index (χ4n) is 2.69. The third-order valence-electron chi connectivity index (χ3n) is 4.01. The number of amides is 1. The molecule has 1 aliphatic heterocycles. The van der Waals surface area contributed by atoms with E-state index < -0.39 is 6.61 Å². The SMILES string of the molecule is COc1ccc(/C=C2\SC(=Nc3c(C)cccc3C)NC2=O)cc1OC(F)F. The van der Waals surface area contributed by atoms with Gasteiger partial charge in [-0.15, -0.1) is 0 Å². The molecule has 0 aliphatic carbocycles. The number of alkyl halides is 2. The molecule has 0 radical (unpaired) electrons. The van der Waals surface area contributed by atoms with Crippen LogP contribution in [0.3, 0.4) is 0 Å². The van der Waals surface area contributed by atoms with Gasteiger partial charge in [-0.05, 0) is 60.5 Å². The molecule has 2 aromatic rings. The average Bonchev–Trinajstić information content (AvgIpc) is 2.97. The van der Waals surface area contributed by atoms with Crippen LogP contribution in [0, 0.1) is 13.8 Å². The summed E-state index contributed by atoms with van der Waals surface area (Å²) >= 11 is 1.19. The Kier molecular flexibility index (Phi) is 5.99. The molecule has 0 saturated carbocycles.